The minimum Gasteiger partial charge on any atom is -0.271 e. The summed E-state index contributed by atoms with van der Waals surface area (Å²) in [6.07, 6.45) is 2.58. The third kappa shape index (κ3) is 2.25. The van der Waals surface area contributed by atoms with Crippen LogP contribution in [0.15, 0.2) is 18.2 Å². The molecule has 16 heavy (non-hydrogen) atoms. The molecule has 0 amide bonds. The van der Waals surface area contributed by atoms with E-state index in [1.807, 2.05) is 12.1 Å². The average Bonchev–Trinajstić information content (AvgIpc) is 3.07. The zero-order chi connectivity index (χ0) is 11.7. The smallest absolute Gasteiger partial charge is 0.126 e. The maximum atomic E-state index is 13.2. The highest BCUT2D eigenvalue weighted by Gasteiger charge is 2.33. The lowest BCUT2D eigenvalue weighted by Gasteiger charge is -2.24. The van der Waals surface area contributed by atoms with Gasteiger partial charge in [0.15, 0.2) is 0 Å². The maximum Gasteiger partial charge on any atom is 0.126 e. The van der Waals surface area contributed by atoms with Crippen LogP contribution in [0, 0.1) is 24.6 Å². The Hall–Kier alpha value is -0.930. The first-order chi connectivity index (χ1) is 7.63. The number of halogens is 1. The van der Waals surface area contributed by atoms with Crippen molar-refractivity contribution < 1.29 is 4.39 Å². The zero-order valence-electron chi connectivity index (χ0n) is 9.83. The highest BCUT2D eigenvalue weighted by Crippen LogP contribution is 2.42. The number of aryl methyl sites for hydroxylation is 1. The number of benzene rings is 1. The SMILES string of the molecule is Cc1cc(C(NN)C(C)C2CC2)ccc1F. The maximum absolute atomic E-state index is 13.2. The van der Waals surface area contributed by atoms with Gasteiger partial charge in [-0.1, -0.05) is 19.1 Å². The summed E-state index contributed by atoms with van der Waals surface area (Å²) in [4.78, 5) is 0. The molecule has 1 aliphatic rings. The molecule has 2 nitrogen and oxygen atoms in total. The third-order valence-corrected chi connectivity index (χ3v) is 3.61. The second-order valence-electron chi connectivity index (χ2n) is 4.85. The van der Waals surface area contributed by atoms with Gasteiger partial charge in [-0.2, -0.15) is 0 Å². The van der Waals surface area contributed by atoms with Gasteiger partial charge in [0.25, 0.3) is 0 Å². The Kier molecular flexibility index (Phi) is 3.26. The molecule has 3 N–H and O–H groups in total. The predicted molar refractivity (Wildman–Crippen MR) is 63.1 cm³/mol. The van der Waals surface area contributed by atoms with Crippen LogP contribution in [0.2, 0.25) is 0 Å². The van der Waals surface area contributed by atoms with E-state index in [0.717, 1.165) is 11.5 Å². The van der Waals surface area contributed by atoms with Crippen LogP contribution in [0.1, 0.15) is 36.9 Å². The molecule has 0 aliphatic heterocycles. The van der Waals surface area contributed by atoms with E-state index in [4.69, 9.17) is 5.84 Å². The van der Waals surface area contributed by atoms with Crippen molar-refractivity contribution >= 4 is 0 Å². The summed E-state index contributed by atoms with van der Waals surface area (Å²) in [5, 5.41) is 0. The second kappa shape index (κ2) is 4.52. The summed E-state index contributed by atoms with van der Waals surface area (Å²) < 4.78 is 13.2. The molecule has 1 fully saturated rings. The van der Waals surface area contributed by atoms with Crippen molar-refractivity contribution in [1.29, 1.82) is 0 Å². The van der Waals surface area contributed by atoms with Crippen LogP contribution in [0.3, 0.4) is 0 Å². The van der Waals surface area contributed by atoms with Crippen LogP contribution in [-0.2, 0) is 0 Å². The molecule has 0 spiro atoms. The third-order valence-electron chi connectivity index (χ3n) is 3.61. The highest BCUT2D eigenvalue weighted by atomic mass is 19.1. The van der Waals surface area contributed by atoms with Crippen molar-refractivity contribution in [2.45, 2.75) is 32.7 Å². The van der Waals surface area contributed by atoms with E-state index in [2.05, 4.69) is 12.3 Å². The van der Waals surface area contributed by atoms with E-state index < -0.39 is 0 Å². The summed E-state index contributed by atoms with van der Waals surface area (Å²) >= 11 is 0. The van der Waals surface area contributed by atoms with E-state index in [0.29, 0.717) is 11.5 Å². The fourth-order valence-electron chi connectivity index (χ4n) is 2.31. The number of nitrogens with two attached hydrogens (primary N) is 1. The summed E-state index contributed by atoms with van der Waals surface area (Å²) in [6.45, 7) is 4.00. The first kappa shape index (κ1) is 11.6. The number of hydrogen-bond acceptors (Lipinski definition) is 2. The minimum absolute atomic E-state index is 0.131. The molecule has 1 aromatic carbocycles. The monoisotopic (exact) mass is 222 g/mol. The Morgan fingerprint density at radius 1 is 1.44 bits per heavy atom. The van der Waals surface area contributed by atoms with Gasteiger partial charge in [0.05, 0.1) is 0 Å². The van der Waals surface area contributed by atoms with Crippen molar-refractivity contribution in [2.24, 2.45) is 17.7 Å². The molecule has 0 heterocycles. The lowest BCUT2D eigenvalue weighted by molar-refractivity contribution is 0.353. The predicted octanol–water partition coefficient (Wildman–Crippen LogP) is 2.68. The first-order valence-corrected chi connectivity index (χ1v) is 5.85. The number of rotatable bonds is 4. The summed E-state index contributed by atoms with van der Waals surface area (Å²) in [6, 6.07) is 5.37. The van der Waals surface area contributed by atoms with E-state index >= 15 is 0 Å². The fraction of sp³-hybridized carbons (Fsp3) is 0.538. The molecular formula is C13H19FN2. The van der Waals surface area contributed by atoms with Crippen molar-refractivity contribution in [3.8, 4) is 0 Å². The Bertz CT molecular complexity index is 374. The Morgan fingerprint density at radius 2 is 2.12 bits per heavy atom. The molecule has 1 aliphatic carbocycles. The second-order valence-corrected chi connectivity index (χ2v) is 4.85. The van der Waals surface area contributed by atoms with Gasteiger partial charge >= 0.3 is 0 Å². The molecule has 0 saturated heterocycles. The number of hydrazine groups is 1. The average molecular weight is 222 g/mol. The van der Waals surface area contributed by atoms with Crippen LogP contribution in [0.5, 0.6) is 0 Å². The largest absolute Gasteiger partial charge is 0.271 e. The van der Waals surface area contributed by atoms with Crippen LogP contribution < -0.4 is 11.3 Å². The van der Waals surface area contributed by atoms with E-state index in [9.17, 15) is 4.39 Å². The van der Waals surface area contributed by atoms with E-state index in [1.165, 1.54) is 18.9 Å². The van der Waals surface area contributed by atoms with E-state index in [1.54, 1.807) is 6.92 Å². The van der Waals surface area contributed by atoms with Crippen LogP contribution in [0.25, 0.3) is 0 Å². The van der Waals surface area contributed by atoms with Gasteiger partial charge in [-0.15, -0.1) is 0 Å². The highest BCUT2D eigenvalue weighted by molar-refractivity contribution is 5.27. The van der Waals surface area contributed by atoms with Crippen LogP contribution >= 0.6 is 0 Å². The van der Waals surface area contributed by atoms with Gasteiger partial charge in [0.2, 0.25) is 0 Å². The van der Waals surface area contributed by atoms with Crippen molar-refractivity contribution in [3.05, 3.63) is 35.1 Å². The van der Waals surface area contributed by atoms with E-state index in [-0.39, 0.29) is 11.9 Å². The molecule has 0 radical (unpaired) electrons. The van der Waals surface area contributed by atoms with Crippen LogP contribution in [0.4, 0.5) is 4.39 Å². The Labute approximate surface area is 96.0 Å². The lowest BCUT2D eigenvalue weighted by Crippen LogP contribution is -2.33. The molecule has 1 saturated carbocycles. The van der Waals surface area contributed by atoms with Crippen molar-refractivity contribution in [3.63, 3.8) is 0 Å². The first-order valence-electron chi connectivity index (χ1n) is 5.85. The molecule has 3 heteroatoms. The molecule has 2 atom stereocenters. The fourth-order valence-corrected chi connectivity index (χ4v) is 2.31. The van der Waals surface area contributed by atoms with Gasteiger partial charge in [-0.05, 0) is 48.8 Å². The number of nitrogens with one attached hydrogen (secondary N) is 1. The molecule has 2 rings (SSSR count). The quantitative estimate of drug-likeness (QED) is 0.607. The van der Waals surface area contributed by atoms with Gasteiger partial charge in [0, 0.05) is 6.04 Å². The van der Waals surface area contributed by atoms with Crippen molar-refractivity contribution in [2.75, 3.05) is 0 Å². The minimum atomic E-state index is -0.154. The normalized spacial score (nSPS) is 19.5. The van der Waals surface area contributed by atoms with Gasteiger partial charge in [0.1, 0.15) is 5.82 Å². The van der Waals surface area contributed by atoms with Crippen LogP contribution in [-0.4, -0.2) is 0 Å². The lowest BCUT2D eigenvalue weighted by atomic mass is 9.90. The molecule has 88 valence electrons. The Balaban J connectivity index is 2.21. The van der Waals surface area contributed by atoms with Crippen molar-refractivity contribution in [1.82, 2.24) is 5.43 Å². The molecule has 0 aromatic heterocycles. The number of hydrogen-bond donors (Lipinski definition) is 2. The summed E-state index contributed by atoms with van der Waals surface area (Å²) in [5.74, 6) is 6.74. The van der Waals surface area contributed by atoms with Gasteiger partial charge in [-0.25, -0.2) is 4.39 Å². The standard InChI is InChI=1S/C13H19FN2/c1-8-7-11(5-6-12(8)14)13(16-15)9(2)10-3-4-10/h5-7,9-10,13,16H,3-4,15H2,1-2H3. The van der Waals surface area contributed by atoms with Gasteiger partial charge in [-0.3, -0.25) is 11.3 Å². The van der Waals surface area contributed by atoms with Gasteiger partial charge < -0.3 is 0 Å². The molecule has 0 bridgehead atoms. The molecule has 2 unspecified atom stereocenters. The Morgan fingerprint density at radius 3 is 2.62 bits per heavy atom. The summed E-state index contributed by atoms with van der Waals surface area (Å²) in [7, 11) is 0. The molecule has 1 aromatic rings. The topological polar surface area (TPSA) is 38.0 Å². The molecular weight excluding hydrogens is 203 g/mol. The zero-order valence-corrected chi connectivity index (χ0v) is 9.83. The summed E-state index contributed by atoms with van der Waals surface area (Å²) in [5.41, 5.74) is 4.63.